The number of nitrogens with zero attached hydrogens (tertiary/aromatic N) is 4. The molecule has 3 aromatic rings. The van der Waals surface area contributed by atoms with E-state index in [0.717, 1.165) is 38.3 Å². The molecule has 40 heavy (non-hydrogen) atoms. The van der Waals surface area contributed by atoms with E-state index >= 15 is 0 Å². The number of carbonyl (C=O) groups is 2. The van der Waals surface area contributed by atoms with Crippen LogP contribution in [0.1, 0.15) is 67.7 Å². The lowest BCUT2D eigenvalue weighted by Gasteiger charge is -2.43. The summed E-state index contributed by atoms with van der Waals surface area (Å²) in [6, 6.07) is 1.63. The number of piperidine rings is 1. The molecule has 1 aliphatic carbocycles. The van der Waals surface area contributed by atoms with Gasteiger partial charge in [0.15, 0.2) is 11.5 Å². The van der Waals surface area contributed by atoms with Crippen molar-refractivity contribution in [2.75, 3.05) is 13.1 Å². The Balaban J connectivity index is 1.32. The van der Waals surface area contributed by atoms with Gasteiger partial charge in [-0.05, 0) is 26.2 Å². The second kappa shape index (κ2) is 12.2. The minimum atomic E-state index is -1.18. The van der Waals surface area contributed by atoms with Gasteiger partial charge in [0.2, 0.25) is 5.91 Å². The molecule has 2 aromatic heterocycles. The van der Waals surface area contributed by atoms with E-state index in [-0.39, 0.29) is 23.4 Å². The van der Waals surface area contributed by atoms with Crippen molar-refractivity contribution in [2.24, 2.45) is 5.92 Å². The van der Waals surface area contributed by atoms with E-state index in [9.17, 15) is 22.8 Å². The van der Waals surface area contributed by atoms with Crippen molar-refractivity contribution in [3.8, 4) is 11.3 Å². The quantitative estimate of drug-likeness (QED) is 0.449. The molecule has 2 N–H and O–H groups in total. The molecule has 1 aliphatic heterocycles. The van der Waals surface area contributed by atoms with Crippen molar-refractivity contribution in [1.82, 2.24) is 30.7 Å². The zero-order valence-corrected chi connectivity index (χ0v) is 22.1. The molecular weight excluding hydrogens is 525 g/mol. The molecular formula is C28H31F3N6O3. The summed E-state index contributed by atoms with van der Waals surface area (Å²) in [5, 5.41) is 9.56. The fraction of sp³-hybridized carbons (Fsp3) is 0.464. The predicted molar refractivity (Wildman–Crippen MR) is 138 cm³/mol. The SMILES string of the molecule is C[C@@H](NC(=O)[C@H]1CN(C2CCCCC2)CC[C@@H]1NC(=O)c1cc(-c2c(F)cc(F)cc2F)on1)c1cnccn1. The van der Waals surface area contributed by atoms with Crippen molar-refractivity contribution in [2.45, 2.75) is 63.6 Å². The first-order valence-electron chi connectivity index (χ1n) is 13.5. The molecule has 0 bridgehead atoms. The molecule has 3 heterocycles. The Morgan fingerprint density at radius 3 is 2.50 bits per heavy atom. The smallest absolute Gasteiger partial charge is 0.273 e. The highest BCUT2D eigenvalue weighted by Crippen LogP contribution is 2.30. The molecule has 1 saturated carbocycles. The van der Waals surface area contributed by atoms with Gasteiger partial charge in [0.05, 0.1) is 29.4 Å². The highest BCUT2D eigenvalue weighted by atomic mass is 19.1. The van der Waals surface area contributed by atoms with Crippen molar-refractivity contribution < 1.29 is 27.3 Å². The largest absolute Gasteiger partial charge is 0.355 e. The van der Waals surface area contributed by atoms with Gasteiger partial charge in [-0.3, -0.25) is 24.5 Å². The predicted octanol–water partition coefficient (Wildman–Crippen LogP) is 4.18. The molecule has 9 nitrogen and oxygen atoms in total. The average molecular weight is 557 g/mol. The van der Waals surface area contributed by atoms with Gasteiger partial charge in [-0.25, -0.2) is 13.2 Å². The van der Waals surface area contributed by atoms with Crippen LogP contribution < -0.4 is 10.6 Å². The molecule has 1 saturated heterocycles. The maximum absolute atomic E-state index is 14.2. The van der Waals surface area contributed by atoms with Crippen LogP contribution in [0.15, 0.2) is 41.3 Å². The van der Waals surface area contributed by atoms with E-state index in [1.165, 1.54) is 6.42 Å². The Hall–Kier alpha value is -3.80. The van der Waals surface area contributed by atoms with Gasteiger partial charge in [0, 0.05) is 55.8 Å². The summed E-state index contributed by atoms with van der Waals surface area (Å²) in [6.07, 6.45) is 10.9. The van der Waals surface area contributed by atoms with Crippen LogP contribution in [0.3, 0.4) is 0 Å². The van der Waals surface area contributed by atoms with E-state index in [1.54, 1.807) is 18.6 Å². The lowest BCUT2D eigenvalue weighted by Crippen LogP contribution is -2.58. The minimum Gasteiger partial charge on any atom is -0.355 e. The zero-order valence-electron chi connectivity index (χ0n) is 22.1. The summed E-state index contributed by atoms with van der Waals surface area (Å²) < 4.78 is 46.8. The molecule has 3 atom stereocenters. The van der Waals surface area contributed by atoms with Crippen LogP contribution in [0.4, 0.5) is 13.2 Å². The van der Waals surface area contributed by atoms with Gasteiger partial charge in [-0.15, -0.1) is 0 Å². The molecule has 5 rings (SSSR count). The molecule has 0 spiro atoms. The number of nitrogens with one attached hydrogen (secondary N) is 2. The Bertz CT molecular complexity index is 1330. The van der Waals surface area contributed by atoms with Gasteiger partial charge in [-0.1, -0.05) is 24.4 Å². The third-order valence-electron chi connectivity index (χ3n) is 7.77. The lowest BCUT2D eigenvalue weighted by atomic mass is 9.86. The van der Waals surface area contributed by atoms with Crippen LogP contribution in [0.5, 0.6) is 0 Å². The Morgan fingerprint density at radius 2 is 1.80 bits per heavy atom. The summed E-state index contributed by atoms with van der Waals surface area (Å²) in [7, 11) is 0. The first-order valence-corrected chi connectivity index (χ1v) is 13.5. The minimum absolute atomic E-state index is 0.208. The molecule has 12 heteroatoms. The first-order chi connectivity index (χ1) is 19.3. The molecule has 0 radical (unpaired) electrons. The second-order valence-electron chi connectivity index (χ2n) is 10.4. The fourth-order valence-corrected chi connectivity index (χ4v) is 5.64. The third kappa shape index (κ3) is 6.16. The normalized spacial score (nSPS) is 21.1. The summed E-state index contributed by atoms with van der Waals surface area (Å²) in [6.45, 7) is 3.02. The van der Waals surface area contributed by atoms with Crippen LogP contribution in [0.25, 0.3) is 11.3 Å². The number of rotatable bonds is 7. The Kier molecular flexibility index (Phi) is 8.43. The maximum atomic E-state index is 14.2. The molecule has 212 valence electrons. The van der Waals surface area contributed by atoms with Gasteiger partial charge < -0.3 is 15.2 Å². The van der Waals surface area contributed by atoms with Gasteiger partial charge in [0.1, 0.15) is 17.5 Å². The van der Waals surface area contributed by atoms with E-state index < -0.39 is 40.9 Å². The highest BCUT2D eigenvalue weighted by molar-refractivity contribution is 5.94. The number of amides is 2. The number of likely N-dealkylation sites (tertiary alicyclic amines) is 1. The van der Waals surface area contributed by atoms with E-state index in [0.29, 0.717) is 36.8 Å². The topological polar surface area (TPSA) is 113 Å². The molecule has 2 amide bonds. The third-order valence-corrected chi connectivity index (χ3v) is 7.77. The zero-order chi connectivity index (χ0) is 28.2. The van der Waals surface area contributed by atoms with Crippen LogP contribution in [-0.2, 0) is 4.79 Å². The molecule has 2 fully saturated rings. The summed E-state index contributed by atoms with van der Waals surface area (Å²) in [5.74, 6) is -5.20. The second-order valence-corrected chi connectivity index (χ2v) is 10.4. The first kappa shape index (κ1) is 27.8. The Labute approximate surface area is 229 Å². The van der Waals surface area contributed by atoms with E-state index in [4.69, 9.17) is 4.52 Å². The summed E-state index contributed by atoms with van der Waals surface area (Å²) in [4.78, 5) is 37.3. The van der Waals surface area contributed by atoms with Crippen LogP contribution in [-0.4, -0.2) is 57.0 Å². The van der Waals surface area contributed by atoms with Gasteiger partial charge in [0.25, 0.3) is 5.91 Å². The number of benzene rings is 1. The van der Waals surface area contributed by atoms with Gasteiger partial charge in [-0.2, -0.15) is 0 Å². The number of carbonyl (C=O) groups excluding carboxylic acids is 2. The Morgan fingerprint density at radius 1 is 1.05 bits per heavy atom. The lowest BCUT2D eigenvalue weighted by molar-refractivity contribution is -0.128. The standard InChI is InChI=1S/C28H31F3N6O3/c1-16(24-14-32-8-9-33-24)34-27(38)19-15-37(18-5-3-2-4-6-18)10-7-22(19)35-28(39)23-13-25(40-36-23)26-20(30)11-17(29)12-21(26)31/h8-9,11-14,16,18-19,22H,2-7,10,15H2,1H3,(H,34,38)(H,35,39)/t16-,19+,22+/m1/s1. The van der Waals surface area contributed by atoms with Crippen molar-refractivity contribution in [3.63, 3.8) is 0 Å². The average Bonchev–Trinajstić information content (AvgIpc) is 3.43. The fourth-order valence-electron chi connectivity index (χ4n) is 5.64. The highest BCUT2D eigenvalue weighted by Gasteiger charge is 2.38. The monoisotopic (exact) mass is 556 g/mol. The molecule has 2 aliphatic rings. The van der Waals surface area contributed by atoms with Gasteiger partial charge >= 0.3 is 0 Å². The van der Waals surface area contributed by atoms with Crippen LogP contribution >= 0.6 is 0 Å². The number of aromatic nitrogens is 3. The van der Waals surface area contributed by atoms with Crippen LogP contribution in [0.2, 0.25) is 0 Å². The van der Waals surface area contributed by atoms with Crippen LogP contribution in [0, 0.1) is 23.4 Å². The van der Waals surface area contributed by atoms with Crippen molar-refractivity contribution in [3.05, 3.63) is 65.6 Å². The summed E-state index contributed by atoms with van der Waals surface area (Å²) in [5.41, 5.74) is -0.212. The van der Waals surface area contributed by atoms with E-state index in [2.05, 4.69) is 30.7 Å². The molecule has 1 aromatic carbocycles. The van der Waals surface area contributed by atoms with Crippen molar-refractivity contribution >= 4 is 11.8 Å². The number of halogens is 3. The number of hydrogen-bond acceptors (Lipinski definition) is 7. The number of hydrogen-bond donors (Lipinski definition) is 2. The summed E-state index contributed by atoms with van der Waals surface area (Å²) >= 11 is 0. The van der Waals surface area contributed by atoms with Crippen molar-refractivity contribution in [1.29, 1.82) is 0 Å². The van der Waals surface area contributed by atoms with E-state index in [1.807, 2.05) is 6.92 Å². The molecule has 0 unspecified atom stereocenters. The maximum Gasteiger partial charge on any atom is 0.273 e.